The molecule has 0 aliphatic carbocycles. The van der Waals surface area contributed by atoms with Gasteiger partial charge < -0.3 is 10.1 Å². The van der Waals surface area contributed by atoms with Gasteiger partial charge in [-0.1, -0.05) is 48.2 Å². The third-order valence-electron chi connectivity index (χ3n) is 5.41. The number of carbonyl (C=O) groups is 1. The van der Waals surface area contributed by atoms with E-state index in [-0.39, 0.29) is 11.7 Å². The number of methoxy groups -OCH3 is 1. The fraction of sp³-hybridized carbons (Fsp3) is 0.138. The van der Waals surface area contributed by atoms with Crippen molar-refractivity contribution in [3.63, 3.8) is 0 Å². The van der Waals surface area contributed by atoms with E-state index in [0.717, 1.165) is 44.9 Å². The molecule has 1 N–H and O–H groups in total. The maximum atomic E-state index is 12.7. The molecule has 0 spiro atoms. The van der Waals surface area contributed by atoms with E-state index in [2.05, 4.69) is 17.5 Å². The van der Waals surface area contributed by atoms with Crippen molar-refractivity contribution >= 4 is 23.4 Å². The summed E-state index contributed by atoms with van der Waals surface area (Å²) in [5.74, 6) is 0.736. The molecule has 0 aliphatic rings. The van der Waals surface area contributed by atoms with Gasteiger partial charge >= 0.3 is 0 Å². The van der Waals surface area contributed by atoms with Crippen LogP contribution in [-0.4, -0.2) is 23.8 Å². The number of thioether (sulfide) groups is 1. The molecule has 6 heteroatoms. The topological polar surface area (TPSA) is 75.0 Å². The van der Waals surface area contributed by atoms with Crippen molar-refractivity contribution < 1.29 is 9.53 Å². The van der Waals surface area contributed by atoms with Crippen LogP contribution in [0.1, 0.15) is 16.7 Å². The Balaban J connectivity index is 1.67. The minimum absolute atomic E-state index is 0.134. The third kappa shape index (κ3) is 5.89. The Morgan fingerprint density at radius 2 is 1.66 bits per heavy atom. The molecule has 3 aromatic carbocycles. The van der Waals surface area contributed by atoms with Crippen LogP contribution in [0.25, 0.3) is 22.4 Å². The molecule has 35 heavy (non-hydrogen) atoms. The van der Waals surface area contributed by atoms with Gasteiger partial charge in [0, 0.05) is 16.8 Å². The van der Waals surface area contributed by atoms with Gasteiger partial charge in [0.15, 0.2) is 0 Å². The summed E-state index contributed by atoms with van der Waals surface area (Å²) in [6.07, 6.45) is 0. The van der Waals surface area contributed by atoms with Gasteiger partial charge in [-0.05, 0) is 73.0 Å². The van der Waals surface area contributed by atoms with E-state index >= 15 is 0 Å². The Kier molecular flexibility index (Phi) is 7.49. The molecule has 1 amide bonds. The first-order valence-corrected chi connectivity index (χ1v) is 12.1. The average Bonchev–Trinajstić information content (AvgIpc) is 2.87. The van der Waals surface area contributed by atoms with Gasteiger partial charge in [-0.2, -0.15) is 5.26 Å². The van der Waals surface area contributed by atoms with E-state index in [1.54, 1.807) is 7.11 Å². The Morgan fingerprint density at radius 1 is 0.971 bits per heavy atom. The number of nitriles is 1. The number of carbonyl (C=O) groups excluding carboxylic acids is 1. The lowest BCUT2D eigenvalue weighted by Crippen LogP contribution is -2.14. The van der Waals surface area contributed by atoms with E-state index in [4.69, 9.17) is 9.72 Å². The number of amides is 1. The molecule has 1 heterocycles. The third-order valence-corrected chi connectivity index (χ3v) is 6.39. The second-order valence-corrected chi connectivity index (χ2v) is 9.12. The van der Waals surface area contributed by atoms with Crippen LogP contribution in [-0.2, 0) is 4.79 Å². The predicted octanol–water partition coefficient (Wildman–Crippen LogP) is 6.64. The number of benzene rings is 3. The van der Waals surface area contributed by atoms with Gasteiger partial charge in [0.1, 0.15) is 16.8 Å². The maximum Gasteiger partial charge on any atom is 0.234 e. The molecule has 0 radical (unpaired) electrons. The van der Waals surface area contributed by atoms with Crippen LogP contribution in [0, 0.1) is 25.2 Å². The molecule has 4 rings (SSSR count). The fourth-order valence-electron chi connectivity index (χ4n) is 3.87. The SMILES string of the molecule is COc1ccc(-c2cc(-c3ccccc3)c(C#N)c(SCC(=O)Nc3cc(C)cc(C)c3)n2)cc1. The molecule has 0 bridgehead atoms. The number of nitrogens with one attached hydrogen (secondary N) is 1. The molecule has 1 aromatic heterocycles. The molecule has 0 aliphatic heterocycles. The lowest BCUT2D eigenvalue weighted by molar-refractivity contribution is -0.113. The van der Waals surface area contributed by atoms with Crippen molar-refractivity contribution in [1.29, 1.82) is 5.26 Å². The van der Waals surface area contributed by atoms with Gasteiger partial charge in [0.05, 0.1) is 24.1 Å². The first kappa shape index (κ1) is 24.1. The van der Waals surface area contributed by atoms with Crippen LogP contribution in [0.15, 0.2) is 83.9 Å². The lowest BCUT2D eigenvalue weighted by Gasteiger charge is -2.13. The highest BCUT2D eigenvalue weighted by atomic mass is 32.2. The van der Waals surface area contributed by atoms with Crippen LogP contribution in [0.3, 0.4) is 0 Å². The molecule has 0 saturated heterocycles. The minimum Gasteiger partial charge on any atom is -0.497 e. The summed E-state index contributed by atoms with van der Waals surface area (Å²) in [6, 6.07) is 27.5. The summed E-state index contributed by atoms with van der Waals surface area (Å²) >= 11 is 1.26. The van der Waals surface area contributed by atoms with Gasteiger partial charge in [-0.25, -0.2) is 4.98 Å². The van der Waals surface area contributed by atoms with Gasteiger partial charge in [-0.3, -0.25) is 4.79 Å². The van der Waals surface area contributed by atoms with Crippen molar-refractivity contribution in [2.24, 2.45) is 0 Å². The van der Waals surface area contributed by atoms with E-state index in [9.17, 15) is 10.1 Å². The number of pyridine rings is 1. The zero-order valence-corrected chi connectivity index (χ0v) is 20.6. The smallest absolute Gasteiger partial charge is 0.234 e. The van der Waals surface area contributed by atoms with Crippen LogP contribution >= 0.6 is 11.8 Å². The molecule has 4 aromatic rings. The highest BCUT2D eigenvalue weighted by Gasteiger charge is 2.17. The summed E-state index contributed by atoms with van der Waals surface area (Å²) in [5.41, 5.74) is 6.71. The summed E-state index contributed by atoms with van der Waals surface area (Å²) < 4.78 is 5.27. The number of aryl methyl sites for hydroxylation is 2. The van der Waals surface area contributed by atoms with Crippen molar-refractivity contribution in [2.45, 2.75) is 18.9 Å². The standard InChI is InChI=1S/C29H25N3O2S/c1-19-13-20(2)15-23(14-19)31-28(33)18-35-29-26(17-30)25(21-7-5-4-6-8-21)16-27(32-29)22-9-11-24(34-3)12-10-22/h4-16H,18H2,1-3H3,(H,31,33). The number of rotatable bonds is 7. The zero-order chi connectivity index (χ0) is 24.8. The first-order valence-electron chi connectivity index (χ1n) is 11.1. The highest BCUT2D eigenvalue weighted by molar-refractivity contribution is 8.00. The molecular weight excluding hydrogens is 454 g/mol. The molecule has 0 unspecified atom stereocenters. The van der Waals surface area contributed by atoms with Gasteiger partial charge in [0.2, 0.25) is 5.91 Å². The van der Waals surface area contributed by atoms with E-state index in [0.29, 0.717) is 10.6 Å². The Bertz CT molecular complexity index is 1370. The predicted molar refractivity (Wildman–Crippen MR) is 142 cm³/mol. The van der Waals surface area contributed by atoms with E-state index in [1.807, 2.05) is 86.6 Å². The molecule has 5 nitrogen and oxygen atoms in total. The monoisotopic (exact) mass is 479 g/mol. The Hall–Kier alpha value is -4.08. The van der Waals surface area contributed by atoms with Crippen molar-refractivity contribution in [3.05, 3.63) is 95.6 Å². The van der Waals surface area contributed by atoms with E-state index < -0.39 is 0 Å². The van der Waals surface area contributed by atoms with Gasteiger partial charge in [-0.15, -0.1) is 0 Å². The van der Waals surface area contributed by atoms with Crippen LogP contribution < -0.4 is 10.1 Å². The largest absolute Gasteiger partial charge is 0.497 e. The number of hydrogen-bond acceptors (Lipinski definition) is 5. The Labute approximate surface area is 209 Å². The van der Waals surface area contributed by atoms with Crippen molar-refractivity contribution in [1.82, 2.24) is 4.98 Å². The van der Waals surface area contributed by atoms with Crippen LogP contribution in [0.5, 0.6) is 5.75 Å². The fourth-order valence-corrected chi connectivity index (χ4v) is 4.67. The summed E-state index contributed by atoms with van der Waals surface area (Å²) in [5, 5.41) is 13.5. The zero-order valence-electron chi connectivity index (χ0n) is 19.8. The minimum atomic E-state index is -0.151. The lowest BCUT2D eigenvalue weighted by atomic mass is 9.99. The quantitative estimate of drug-likeness (QED) is 0.301. The molecule has 0 fully saturated rings. The number of nitrogens with zero attached hydrogens (tertiary/aromatic N) is 2. The normalized spacial score (nSPS) is 10.5. The molecule has 174 valence electrons. The highest BCUT2D eigenvalue weighted by Crippen LogP contribution is 2.34. The number of ether oxygens (including phenoxy) is 1. The summed E-state index contributed by atoms with van der Waals surface area (Å²) in [6.45, 7) is 3.99. The summed E-state index contributed by atoms with van der Waals surface area (Å²) in [7, 11) is 1.63. The van der Waals surface area contributed by atoms with Crippen LogP contribution in [0.4, 0.5) is 5.69 Å². The Morgan fingerprint density at radius 3 is 2.29 bits per heavy atom. The van der Waals surface area contributed by atoms with Crippen molar-refractivity contribution in [3.8, 4) is 34.2 Å². The number of aromatic nitrogens is 1. The second-order valence-electron chi connectivity index (χ2n) is 8.15. The van der Waals surface area contributed by atoms with E-state index in [1.165, 1.54) is 11.8 Å². The molecular formula is C29H25N3O2S. The van der Waals surface area contributed by atoms with Crippen LogP contribution in [0.2, 0.25) is 0 Å². The summed E-state index contributed by atoms with van der Waals surface area (Å²) in [4.78, 5) is 17.5. The molecule has 0 atom stereocenters. The second kappa shape index (κ2) is 10.9. The number of hydrogen-bond donors (Lipinski definition) is 1. The van der Waals surface area contributed by atoms with Gasteiger partial charge in [0.25, 0.3) is 0 Å². The first-order chi connectivity index (χ1) is 17.0. The van der Waals surface area contributed by atoms with Crippen molar-refractivity contribution in [2.75, 3.05) is 18.2 Å². The average molecular weight is 480 g/mol. The maximum absolute atomic E-state index is 12.7. The molecule has 0 saturated carbocycles. The number of anilines is 1.